The minimum Gasteiger partial charge on any atom is -0.376 e. The van der Waals surface area contributed by atoms with Gasteiger partial charge in [-0.2, -0.15) is 0 Å². The van der Waals surface area contributed by atoms with Crippen molar-refractivity contribution in [2.75, 3.05) is 19.7 Å². The van der Waals surface area contributed by atoms with Crippen molar-refractivity contribution in [1.82, 2.24) is 5.32 Å². The van der Waals surface area contributed by atoms with Gasteiger partial charge in [0.1, 0.15) is 0 Å². The van der Waals surface area contributed by atoms with Crippen LogP contribution in [0.2, 0.25) is 0 Å². The fourth-order valence-corrected chi connectivity index (χ4v) is 2.25. The lowest BCUT2D eigenvalue weighted by Gasteiger charge is -2.22. The summed E-state index contributed by atoms with van der Waals surface area (Å²) in [5.41, 5.74) is 1.24. The van der Waals surface area contributed by atoms with Crippen LogP contribution in [0.15, 0.2) is 28.7 Å². The van der Waals surface area contributed by atoms with Gasteiger partial charge in [-0.05, 0) is 43.0 Å². The number of hydrogen-bond donors (Lipinski definition) is 1. The molecule has 1 aromatic rings. The molecule has 1 unspecified atom stereocenters. The van der Waals surface area contributed by atoms with Crippen molar-refractivity contribution in [1.29, 1.82) is 0 Å². The molecule has 1 atom stereocenters. The van der Waals surface area contributed by atoms with E-state index in [1.165, 1.54) is 24.9 Å². The monoisotopic (exact) mass is 319 g/mol. The van der Waals surface area contributed by atoms with Gasteiger partial charge in [-0.1, -0.05) is 28.1 Å². The fraction of sp³-hybridized carbons (Fsp3) is 0.538. The number of nitrogens with one attached hydrogen (secondary N) is 1. The Morgan fingerprint density at radius 1 is 1.29 bits per heavy atom. The topological polar surface area (TPSA) is 21.3 Å². The van der Waals surface area contributed by atoms with Crippen LogP contribution in [-0.2, 0) is 11.3 Å². The summed E-state index contributed by atoms with van der Waals surface area (Å²) in [6.07, 6.45) is 2.58. The van der Waals surface area contributed by atoms with E-state index in [1.54, 1.807) is 0 Å². The Bertz CT molecular complexity index is 312. The first-order valence-corrected chi connectivity index (χ1v) is 6.67. The van der Waals surface area contributed by atoms with Gasteiger partial charge < -0.3 is 10.1 Å². The van der Waals surface area contributed by atoms with Crippen LogP contribution >= 0.6 is 28.3 Å². The smallest absolute Gasteiger partial charge is 0.0717 e. The standard InChI is InChI=1S/C13H18BrNO.ClH/c14-13-5-3-11(4-6-13)9-16-10-12-2-1-7-15-8-12;/h3-6,12,15H,1-2,7-10H2;1H. The SMILES string of the molecule is Brc1ccc(COCC2CCCNC2)cc1.Cl. The van der Waals surface area contributed by atoms with Crippen molar-refractivity contribution in [2.45, 2.75) is 19.4 Å². The number of hydrogen-bond acceptors (Lipinski definition) is 2. The number of benzene rings is 1. The molecular weight excluding hydrogens is 302 g/mol. The molecule has 4 heteroatoms. The van der Waals surface area contributed by atoms with E-state index in [9.17, 15) is 0 Å². The third-order valence-electron chi connectivity index (χ3n) is 2.93. The van der Waals surface area contributed by atoms with E-state index in [1.807, 2.05) is 0 Å². The van der Waals surface area contributed by atoms with Crippen LogP contribution in [-0.4, -0.2) is 19.7 Å². The first-order chi connectivity index (χ1) is 7.84. The zero-order valence-corrected chi connectivity index (χ0v) is 12.2. The van der Waals surface area contributed by atoms with E-state index in [2.05, 4.69) is 45.5 Å². The Labute approximate surface area is 118 Å². The van der Waals surface area contributed by atoms with Gasteiger partial charge >= 0.3 is 0 Å². The molecule has 1 aliphatic heterocycles. The van der Waals surface area contributed by atoms with E-state index >= 15 is 0 Å². The van der Waals surface area contributed by atoms with Gasteiger partial charge in [0.25, 0.3) is 0 Å². The molecule has 96 valence electrons. The molecular formula is C13H19BrClNO. The van der Waals surface area contributed by atoms with Gasteiger partial charge in [0.15, 0.2) is 0 Å². The summed E-state index contributed by atoms with van der Waals surface area (Å²) in [6.45, 7) is 3.89. The van der Waals surface area contributed by atoms with E-state index in [0.717, 1.165) is 24.2 Å². The van der Waals surface area contributed by atoms with E-state index < -0.39 is 0 Å². The van der Waals surface area contributed by atoms with Crippen molar-refractivity contribution in [3.63, 3.8) is 0 Å². The third-order valence-corrected chi connectivity index (χ3v) is 3.46. The van der Waals surface area contributed by atoms with Crippen molar-refractivity contribution in [2.24, 2.45) is 5.92 Å². The summed E-state index contributed by atoms with van der Waals surface area (Å²) < 4.78 is 6.86. The van der Waals surface area contributed by atoms with E-state index in [4.69, 9.17) is 4.74 Å². The third kappa shape index (κ3) is 5.38. The number of ether oxygens (including phenoxy) is 1. The maximum Gasteiger partial charge on any atom is 0.0717 e. The molecule has 1 aliphatic rings. The molecule has 1 N–H and O–H groups in total. The summed E-state index contributed by atoms with van der Waals surface area (Å²) in [6, 6.07) is 8.31. The predicted octanol–water partition coefficient (Wildman–Crippen LogP) is 3.39. The number of piperidine rings is 1. The molecule has 0 bridgehead atoms. The van der Waals surface area contributed by atoms with E-state index in [0.29, 0.717) is 5.92 Å². The van der Waals surface area contributed by atoms with Crippen LogP contribution in [0.4, 0.5) is 0 Å². The summed E-state index contributed by atoms with van der Waals surface area (Å²) in [5, 5.41) is 3.40. The van der Waals surface area contributed by atoms with Gasteiger partial charge in [-0.3, -0.25) is 0 Å². The molecule has 0 radical (unpaired) electrons. The van der Waals surface area contributed by atoms with Crippen molar-refractivity contribution < 1.29 is 4.74 Å². The van der Waals surface area contributed by atoms with Crippen LogP contribution < -0.4 is 5.32 Å². The lowest BCUT2D eigenvalue weighted by Crippen LogP contribution is -2.32. The largest absolute Gasteiger partial charge is 0.376 e. The quantitative estimate of drug-likeness (QED) is 0.918. The second kappa shape index (κ2) is 8.09. The lowest BCUT2D eigenvalue weighted by atomic mass is 10.0. The predicted molar refractivity (Wildman–Crippen MR) is 76.6 cm³/mol. The summed E-state index contributed by atoms with van der Waals surface area (Å²) in [4.78, 5) is 0. The molecule has 17 heavy (non-hydrogen) atoms. The minimum atomic E-state index is 0. The molecule has 1 saturated heterocycles. The highest BCUT2D eigenvalue weighted by atomic mass is 79.9. The molecule has 2 rings (SSSR count). The maximum absolute atomic E-state index is 5.74. The Balaban J connectivity index is 0.00000144. The Hall–Kier alpha value is -0.0900. The zero-order chi connectivity index (χ0) is 11.2. The summed E-state index contributed by atoms with van der Waals surface area (Å²) >= 11 is 3.43. The van der Waals surface area contributed by atoms with Crippen LogP contribution in [0.3, 0.4) is 0 Å². The maximum atomic E-state index is 5.74. The van der Waals surface area contributed by atoms with Gasteiger partial charge in [0.05, 0.1) is 13.2 Å². The molecule has 0 amide bonds. The molecule has 1 fully saturated rings. The highest BCUT2D eigenvalue weighted by Gasteiger charge is 2.12. The van der Waals surface area contributed by atoms with Gasteiger partial charge in [-0.15, -0.1) is 12.4 Å². The number of halogens is 2. The van der Waals surface area contributed by atoms with Crippen molar-refractivity contribution in [3.05, 3.63) is 34.3 Å². The number of rotatable bonds is 4. The molecule has 0 aromatic heterocycles. The van der Waals surface area contributed by atoms with Crippen LogP contribution in [0.1, 0.15) is 18.4 Å². The first kappa shape index (κ1) is 15.0. The molecule has 1 heterocycles. The minimum absolute atomic E-state index is 0. The van der Waals surface area contributed by atoms with Crippen LogP contribution in [0.5, 0.6) is 0 Å². The van der Waals surface area contributed by atoms with E-state index in [-0.39, 0.29) is 12.4 Å². The molecule has 1 aromatic carbocycles. The van der Waals surface area contributed by atoms with Crippen molar-refractivity contribution >= 4 is 28.3 Å². The van der Waals surface area contributed by atoms with Crippen LogP contribution in [0, 0.1) is 5.92 Å². The molecule has 0 spiro atoms. The Morgan fingerprint density at radius 3 is 2.71 bits per heavy atom. The first-order valence-electron chi connectivity index (χ1n) is 5.87. The normalized spacial score (nSPS) is 19.7. The highest BCUT2D eigenvalue weighted by molar-refractivity contribution is 9.10. The second-order valence-corrected chi connectivity index (χ2v) is 5.27. The molecule has 2 nitrogen and oxygen atoms in total. The Kier molecular flexibility index (Phi) is 7.12. The summed E-state index contributed by atoms with van der Waals surface area (Å²) in [5.74, 6) is 0.698. The lowest BCUT2D eigenvalue weighted by molar-refractivity contribution is 0.0783. The van der Waals surface area contributed by atoms with Gasteiger partial charge in [0, 0.05) is 11.0 Å². The second-order valence-electron chi connectivity index (χ2n) is 4.35. The van der Waals surface area contributed by atoms with Crippen LogP contribution in [0.25, 0.3) is 0 Å². The van der Waals surface area contributed by atoms with Gasteiger partial charge in [-0.25, -0.2) is 0 Å². The average Bonchev–Trinajstić information content (AvgIpc) is 2.33. The van der Waals surface area contributed by atoms with Crippen molar-refractivity contribution in [3.8, 4) is 0 Å². The Morgan fingerprint density at radius 2 is 2.06 bits per heavy atom. The van der Waals surface area contributed by atoms with Gasteiger partial charge in [0.2, 0.25) is 0 Å². The fourth-order valence-electron chi connectivity index (χ4n) is 1.99. The highest BCUT2D eigenvalue weighted by Crippen LogP contribution is 2.13. The summed E-state index contributed by atoms with van der Waals surface area (Å²) in [7, 11) is 0. The average molecular weight is 321 g/mol. The zero-order valence-electron chi connectivity index (χ0n) is 9.82. The molecule has 0 aliphatic carbocycles. The molecule has 0 saturated carbocycles.